The summed E-state index contributed by atoms with van der Waals surface area (Å²) in [6, 6.07) is 0.310. The lowest BCUT2D eigenvalue weighted by Gasteiger charge is -2.41. The second kappa shape index (κ2) is 6.90. The van der Waals surface area contributed by atoms with Crippen molar-refractivity contribution in [1.82, 2.24) is 15.5 Å². The molecule has 0 spiro atoms. The summed E-state index contributed by atoms with van der Waals surface area (Å²) in [5, 5.41) is 6.63. The third-order valence-electron chi connectivity index (χ3n) is 5.18. The van der Waals surface area contributed by atoms with Crippen LogP contribution in [0.3, 0.4) is 0 Å². The Morgan fingerprint density at radius 2 is 1.80 bits per heavy atom. The SMILES string of the molecule is C[C@H](NC(=O)C(C)(C)N1CCNCC1)C1CCCCC1. The van der Waals surface area contributed by atoms with E-state index < -0.39 is 5.54 Å². The van der Waals surface area contributed by atoms with Crippen LogP contribution in [0.4, 0.5) is 0 Å². The molecule has 1 saturated carbocycles. The van der Waals surface area contributed by atoms with E-state index in [1.807, 2.05) is 0 Å². The van der Waals surface area contributed by atoms with Gasteiger partial charge in [-0.05, 0) is 39.5 Å². The van der Waals surface area contributed by atoms with Crippen LogP contribution in [0.25, 0.3) is 0 Å². The lowest BCUT2D eigenvalue weighted by atomic mass is 9.84. The van der Waals surface area contributed by atoms with E-state index in [4.69, 9.17) is 0 Å². The number of amides is 1. The monoisotopic (exact) mass is 281 g/mol. The third kappa shape index (κ3) is 3.73. The standard InChI is InChI=1S/C16H31N3O/c1-13(14-7-5-4-6-8-14)18-15(20)16(2,3)19-11-9-17-10-12-19/h13-14,17H,4-12H2,1-3H3,(H,18,20)/t13-/m0/s1. The van der Waals surface area contributed by atoms with E-state index in [9.17, 15) is 4.79 Å². The highest BCUT2D eigenvalue weighted by Crippen LogP contribution is 2.27. The predicted octanol–water partition coefficient (Wildman–Crippen LogP) is 1.76. The van der Waals surface area contributed by atoms with Crippen molar-refractivity contribution in [3.63, 3.8) is 0 Å². The number of rotatable bonds is 4. The Bertz CT molecular complexity index is 318. The molecule has 1 heterocycles. The molecule has 1 atom stereocenters. The molecule has 0 bridgehead atoms. The highest BCUT2D eigenvalue weighted by molar-refractivity contribution is 5.85. The molecule has 20 heavy (non-hydrogen) atoms. The summed E-state index contributed by atoms with van der Waals surface area (Å²) >= 11 is 0. The molecule has 1 amide bonds. The summed E-state index contributed by atoms with van der Waals surface area (Å²) in [5.41, 5.74) is -0.398. The molecule has 1 aliphatic heterocycles. The molecule has 2 aliphatic rings. The molecule has 0 unspecified atom stereocenters. The fraction of sp³-hybridized carbons (Fsp3) is 0.938. The first kappa shape index (κ1) is 15.8. The van der Waals surface area contributed by atoms with Crippen molar-refractivity contribution in [3.05, 3.63) is 0 Å². The molecule has 0 aromatic heterocycles. The number of nitrogens with zero attached hydrogens (tertiary/aromatic N) is 1. The molecule has 4 nitrogen and oxygen atoms in total. The van der Waals surface area contributed by atoms with Crippen molar-refractivity contribution in [2.45, 2.75) is 64.5 Å². The minimum Gasteiger partial charge on any atom is -0.352 e. The first-order valence-corrected chi connectivity index (χ1v) is 8.28. The number of nitrogens with one attached hydrogen (secondary N) is 2. The minimum atomic E-state index is -0.398. The van der Waals surface area contributed by atoms with Crippen molar-refractivity contribution in [3.8, 4) is 0 Å². The van der Waals surface area contributed by atoms with Crippen molar-refractivity contribution in [1.29, 1.82) is 0 Å². The van der Waals surface area contributed by atoms with Gasteiger partial charge in [-0.2, -0.15) is 0 Å². The quantitative estimate of drug-likeness (QED) is 0.825. The maximum absolute atomic E-state index is 12.6. The molecule has 1 saturated heterocycles. The molecule has 2 fully saturated rings. The summed E-state index contributed by atoms with van der Waals surface area (Å²) in [7, 11) is 0. The first-order chi connectivity index (χ1) is 9.51. The van der Waals surface area contributed by atoms with Crippen LogP contribution in [0, 0.1) is 5.92 Å². The van der Waals surface area contributed by atoms with Crippen LogP contribution in [0.15, 0.2) is 0 Å². The molecular weight excluding hydrogens is 250 g/mol. The number of carbonyl (C=O) groups is 1. The largest absolute Gasteiger partial charge is 0.352 e. The van der Waals surface area contributed by atoms with Crippen LogP contribution in [0.1, 0.15) is 52.9 Å². The summed E-state index contributed by atoms with van der Waals surface area (Å²) in [6.07, 6.45) is 6.56. The second-order valence-electron chi connectivity index (χ2n) is 6.96. The molecule has 2 rings (SSSR count). The summed E-state index contributed by atoms with van der Waals surface area (Å²) < 4.78 is 0. The Morgan fingerprint density at radius 3 is 2.40 bits per heavy atom. The van der Waals surface area contributed by atoms with Crippen LogP contribution in [0.2, 0.25) is 0 Å². The number of hydrogen-bond acceptors (Lipinski definition) is 3. The number of carbonyl (C=O) groups excluding carboxylic acids is 1. The van der Waals surface area contributed by atoms with Gasteiger partial charge in [0, 0.05) is 32.2 Å². The van der Waals surface area contributed by atoms with Gasteiger partial charge in [-0.15, -0.1) is 0 Å². The average Bonchev–Trinajstić information content (AvgIpc) is 2.49. The van der Waals surface area contributed by atoms with Crippen molar-refractivity contribution in [2.24, 2.45) is 5.92 Å². The maximum atomic E-state index is 12.6. The fourth-order valence-corrected chi connectivity index (χ4v) is 3.50. The van der Waals surface area contributed by atoms with E-state index in [0.717, 1.165) is 26.2 Å². The highest BCUT2D eigenvalue weighted by atomic mass is 16.2. The molecule has 4 heteroatoms. The Hall–Kier alpha value is -0.610. The zero-order chi connectivity index (χ0) is 14.6. The Kier molecular flexibility index (Phi) is 5.44. The van der Waals surface area contributed by atoms with E-state index in [1.54, 1.807) is 0 Å². The zero-order valence-electron chi connectivity index (χ0n) is 13.4. The second-order valence-corrected chi connectivity index (χ2v) is 6.96. The van der Waals surface area contributed by atoms with Crippen molar-refractivity contribution >= 4 is 5.91 Å². The molecular formula is C16H31N3O. The predicted molar refractivity (Wildman–Crippen MR) is 82.7 cm³/mol. The first-order valence-electron chi connectivity index (χ1n) is 8.28. The smallest absolute Gasteiger partial charge is 0.240 e. The van der Waals surface area contributed by atoms with Gasteiger partial charge in [0.25, 0.3) is 0 Å². The van der Waals surface area contributed by atoms with Crippen LogP contribution < -0.4 is 10.6 Å². The average molecular weight is 281 g/mol. The van der Waals surface area contributed by atoms with Gasteiger partial charge in [0.2, 0.25) is 5.91 Å². The fourth-order valence-electron chi connectivity index (χ4n) is 3.50. The van der Waals surface area contributed by atoms with Crippen LogP contribution in [-0.2, 0) is 4.79 Å². The van der Waals surface area contributed by atoms with E-state index in [-0.39, 0.29) is 5.91 Å². The maximum Gasteiger partial charge on any atom is 0.240 e. The van der Waals surface area contributed by atoms with Crippen molar-refractivity contribution < 1.29 is 4.79 Å². The van der Waals surface area contributed by atoms with Gasteiger partial charge >= 0.3 is 0 Å². The van der Waals surface area contributed by atoms with Crippen molar-refractivity contribution in [2.75, 3.05) is 26.2 Å². The van der Waals surface area contributed by atoms with Gasteiger partial charge in [0.1, 0.15) is 0 Å². The van der Waals surface area contributed by atoms with Gasteiger partial charge < -0.3 is 10.6 Å². The number of piperazine rings is 1. The summed E-state index contributed by atoms with van der Waals surface area (Å²) in [5.74, 6) is 0.865. The van der Waals surface area contributed by atoms with Gasteiger partial charge in [-0.1, -0.05) is 19.3 Å². The Morgan fingerprint density at radius 1 is 1.20 bits per heavy atom. The van der Waals surface area contributed by atoms with Crippen LogP contribution in [-0.4, -0.2) is 48.6 Å². The van der Waals surface area contributed by atoms with Gasteiger partial charge in [0.05, 0.1) is 5.54 Å². The normalized spacial score (nSPS) is 24.4. The Labute approximate surface area is 123 Å². The van der Waals surface area contributed by atoms with Gasteiger partial charge in [-0.25, -0.2) is 0 Å². The van der Waals surface area contributed by atoms with Gasteiger partial charge in [0.15, 0.2) is 0 Å². The molecule has 2 N–H and O–H groups in total. The van der Waals surface area contributed by atoms with Crippen LogP contribution in [0.5, 0.6) is 0 Å². The lowest BCUT2D eigenvalue weighted by molar-refractivity contribution is -0.133. The van der Waals surface area contributed by atoms with Crippen LogP contribution >= 0.6 is 0 Å². The Balaban J connectivity index is 1.88. The molecule has 0 radical (unpaired) electrons. The van der Waals surface area contributed by atoms with Gasteiger partial charge in [-0.3, -0.25) is 9.69 Å². The molecule has 0 aromatic carbocycles. The minimum absolute atomic E-state index is 0.192. The molecule has 0 aromatic rings. The number of hydrogen-bond donors (Lipinski definition) is 2. The van der Waals surface area contributed by atoms with E-state index >= 15 is 0 Å². The third-order valence-corrected chi connectivity index (χ3v) is 5.18. The van der Waals surface area contributed by atoms with E-state index in [0.29, 0.717) is 12.0 Å². The summed E-state index contributed by atoms with van der Waals surface area (Å²) in [6.45, 7) is 10.2. The molecule has 116 valence electrons. The lowest BCUT2D eigenvalue weighted by Crippen LogP contribution is -2.61. The zero-order valence-corrected chi connectivity index (χ0v) is 13.4. The van der Waals surface area contributed by atoms with E-state index in [1.165, 1.54) is 32.1 Å². The topological polar surface area (TPSA) is 44.4 Å². The molecule has 1 aliphatic carbocycles. The van der Waals surface area contributed by atoms with E-state index in [2.05, 4.69) is 36.3 Å². The highest BCUT2D eigenvalue weighted by Gasteiger charge is 2.36. The summed E-state index contributed by atoms with van der Waals surface area (Å²) in [4.78, 5) is 14.9.